The number of nitrogens with zero attached hydrogens (tertiary/aromatic N) is 3. The quantitative estimate of drug-likeness (QED) is 0.0309. The Labute approximate surface area is 623 Å². The lowest BCUT2D eigenvalue weighted by molar-refractivity contribution is -0.141. The Kier molecular flexibility index (Phi) is 45.1. The van der Waals surface area contributed by atoms with Crippen LogP contribution in [-0.2, 0) is 111 Å². The van der Waals surface area contributed by atoms with Crippen LogP contribution in [0.3, 0.4) is 0 Å². The molecule has 0 radical (unpaired) electrons. The van der Waals surface area contributed by atoms with Gasteiger partial charge in [0, 0.05) is 74.8 Å². The number of amides is 9. The van der Waals surface area contributed by atoms with Gasteiger partial charge in [-0.2, -0.15) is 0 Å². The molecule has 4 rings (SSSR count). The number of aromatic nitrogens is 1. The minimum atomic E-state index is -1.77. The van der Waals surface area contributed by atoms with Crippen molar-refractivity contribution in [1.82, 2.24) is 41.0 Å². The molecule has 0 bridgehead atoms. The number of ketones is 1. The van der Waals surface area contributed by atoms with Crippen LogP contribution < -0.4 is 32.3 Å². The van der Waals surface area contributed by atoms with E-state index in [0.717, 1.165) is 40.8 Å². The van der Waals surface area contributed by atoms with Gasteiger partial charge >= 0.3 is 0 Å². The molecule has 2 aromatic carbocycles. The number of carbonyl (C=O) groups excluding carboxylic acids is 10. The number of hydrogen-bond acceptors (Lipinski definition) is 23. The summed E-state index contributed by atoms with van der Waals surface area (Å²) in [6.45, 7) is 15.2. The highest BCUT2D eigenvalue weighted by Crippen LogP contribution is 2.41. The summed E-state index contributed by atoms with van der Waals surface area (Å²) in [5.41, 5.74) is 6.05. The maximum Gasteiger partial charge on any atom is 0.254 e. The maximum absolute atomic E-state index is 15.5. The van der Waals surface area contributed by atoms with Gasteiger partial charge in [0.25, 0.3) is 11.8 Å². The van der Waals surface area contributed by atoms with E-state index in [-0.39, 0.29) is 76.5 Å². The molecule has 2 heterocycles. The second kappa shape index (κ2) is 52.8. The summed E-state index contributed by atoms with van der Waals surface area (Å²) in [6.07, 6.45) is 2.12. The predicted octanol–water partition coefficient (Wildman–Crippen LogP) is 1.24. The molecule has 32 nitrogen and oxygen atoms in total. The lowest BCUT2D eigenvalue weighted by Crippen LogP contribution is -2.58. The van der Waals surface area contributed by atoms with E-state index in [9.17, 15) is 57.4 Å². The largest absolute Gasteiger partial charge is 0.387 e. The highest BCUT2D eigenvalue weighted by molar-refractivity contribution is 6.14. The Hall–Kier alpha value is -8.10. The predicted molar refractivity (Wildman–Crippen MR) is 382 cm³/mol. The minimum absolute atomic E-state index is 0.00289. The Balaban J connectivity index is 1.19. The fourth-order valence-electron chi connectivity index (χ4n) is 10.5. The van der Waals surface area contributed by atoms with E-state index in [0.29, 0.717) is 131 Å². The Morgan fingerprint density at radius 3 is 1.51 bits per heavy atom. The van der Waals surface area contributed by atoms with Crippen LogP contribution in [0.2, 0.25) is 0 Å². The highest BCUT2D eigenvalue weighted by atomic mass is 19.1. The van der Waals surface area contributed by atoms with Crippen LogP contribution in [0.5, 0.6) is 0 Å². The first-order valence-corrected chi connectivity index (χ1v) is 35.7. The third kappa shape index (κ3) is 37.5. The van der Waals surface area contributed by atoms with Crippen LogP contribution in [-0.4, -0.2) is 288 Å². The molecule has 107 heavy (non-hydrogen) atoms. The first-order chi connectivity index (χ1) is 51.4. The number of Topliss-reactive ketones (excluding diaryl/α,β-unsaturated/α-hetero) is 1. The summed E-state index contributed by atoms with van der Waals surface area (Å²) in [5.74, 6) is -9.47. The zero-order chi connectivity index (χ0) is 78.2. The lowest BCUT2D eigenvalue weighted by atomic mass is 9.82. The molecule has 3 aromatic rings. The molecular weight excluding hydrogens is 1410 g/mol. The van der Waals surface area contributed by atoms with Crippen molar-refractivity contribution in [2.75, 3.05) is 185 Å². The third-order valence-corrected chi connectivity index (χ3v) is 15.9. The van der Waals surface area contributed by atoms with E-state index < -0.39 is 132 Å². The van der Waals surface area contributed by atoms with Gasteiger partial charge in [-0.15, -0.1) is 0 Å². The highest BCUT2D eigenvalue weighted by Gasteiger charge is 2.39. The Morgan fingerprint density at radius 2 is 1.04 bits per heavy atom. The van der Waals surface area contributed by atoms with Crippen molar-refractivity contribution in [3.8, 4) is 11.1 Å². The van der Waals surface area contributed by atoms with Crippen LogP contribution in [0.25, 0.3) is 11.1 Å². The first kappa shape index (κ1) is 91.3. The van der Waals surface area contributed by atoms with Gasteiger partial charge < -0.3 is 104 Å². The van der Waals surface area contributed by atoms with Gasteiger partial charge in [-0.05, 0) is 61.9 Å². The monoisotopic (exact) mass is 1520 g/mol. The fourth-order valence-corrected chi connectivity index (χ4v) is 10.5. The SMILES string of the molecule is COCCOCCOCCOCCOCCOCCOCCOCCOCCOCCOCCOCCC(=O)N[C@@H](C)C(=O)N[C@@H](C)C(=O)N[C@@H](CC(N)=O)C(=O)N[C@@H](CCN(C(=O)CO)[C@@H](c1cc(-c2cc(F)ccc2F)cn1Cc1ccccc1)C(C)(C)C)C(=O)NCCCC(=O)CN1C(=O)C=CC1=O. The van der Waals surface area contributed by atoms with Crippen LogP contribution in [0.4, 0.5) is 8.78 Å². The molecule has 0 aliphatic carbocycles. The zero-order valence-corrected chi connectivity index (χ0v) is 62.3. The second-order valence-corrected chi connectivity index (χ2v) is 25.5. The molecule has 9 amide bonds. The second-order valence-electron chi connectivity index (χ2n) is 25.5. The van der Waals surface area contributed by atoms with E-state index in [1.165, 1.54) is 18.7 Å². The van der Waals surface area contributed by atoms with Gasteiger partial charge in [-0.3, -0.25) is 52.8 Å². The average Bonchev–Trinajstić information content (AvgIpc) is 1.64. The number of ether oxygens (including phenoxy) is 12. The summed E-state index contributed by atoms with van der Waals surface area (Å²) < 4.78 is 97.1. The van der Waals surface area contributed by atoms with Crippen LogP contribution >= 0.6 is 0 Å². The van der Waals surface area contributed by atoms with E-state index in [4.69, 9.17) is 62.6 Å². The van der Waals surface area contributed by atoms with E-state index >= 15 is 4.39 Å². The molecule has 598 valence electrons. The van der Waals surface area contributed by atoms with Gasteiger partial charge in [0.1, 0.15) is 42.4 Å². The van der Waals surface area contributed by atoms with E-state index in [1.54, 1.807) is 44.7 Å². The average molecular weight is 1520 g/mol. The standard InChI is InChI=1S/C73H109F2N9O23/c1-52(78-64(88)19-22-97-25-26-99-29-30-101-33-34-103-37-38-105-41-42-107-44-43-106-40-39-104-36-35-102-32-31-100-28-27-98-24-23-96-6)69(92)79-53(2)70(93)81-61(47-63(76)87)72(95)80-60(71(94)77-20-10-13-57(86)50-84-65(89)16-17-66(84)90)18-21-83(67(91)51-85)68(73(3,4)5)62-45-55(58-46-56(74)14-15-59(58)75)49-82(62)48-54-11-8-7-9-12-54/h7-9,11-12,14-17,45-46,49,52-53,60-61,68,85H,10,13,18-44,47-48,50-51H2,1-6H3,(H2,76,87)(H,77,94)(H,78,88)(H,79,92)(H,80,95)(H,81,93)/t52-,53-,60-,61-,68-/m0/s1. The summed E-state index contributed by atoms with van der Waals surface area (Å²) in [6, 6.07) is 6.81. The summed E-state index contributed by atoms with van der Waals surface area (Å²) in [5, 5.41) is 23.1. The molecule has 0 spiro atoms. The third-order valence-electron chi connectivity index (χ3n) is 15.9. The van der Waals surface area contributed by atoms with Crippen molar-refractivity contribution < 1.29 is 119 Å². The lowest BCUT2D eigenvalue weighted by Gasteiger charge is -2.41. The van der Waals surface area contributed by atoms with Crippen molar-refractivity contribution in [3.05, 3.63) is 95.8 Å². The smallest absolute Gasteiger partial charge is 0.254 e. The molecule has 1 aromatic heterocycles. The molecule has 0 unspecified atom stereocenters. The van der Waals surface area contributed by atoms with Crippen molar-refractivity contribution in [1.29, 1.82) is 0 Å². The molecule has 5 atom stereocenters. The van der Waals surface area contributed by atoms with Gasteiger partial charge in [0.2, 0.25) is 41.4 Å². The van der Waals surface area contributed by atoms with Crippen molar-refractivity contribution >= 4 is 58.9 Å². The minimum Gasteiger partial charge on any atom is -0.387 e. The van der Waals surface area contributed by atoms with Gasteiger partial charge in [-0.25, -0.2) is 8.78 Å². The van der Waals surface area contributed by atoms with Crippen LogP contribution in [0, 0.1) is 17.0 Å². The van der Waals surface area contributed by atoms with Crippen molar-refractivity contribution in [3.63, 3.8) is 0 Å². The van der Waals surface area contributed by atoms with Crippen molar-refractivity contribution in [2.24, 2.45) is 11.1 Å². The molecule has 0 fully saturated rings. The number of nitrogens with one attached hydrogen (secondary N) is 5. The Bertz CT molecular complexity index is 3200. The molecule has 0 saturated heterocycles. The number of halogens is 2. The summed E-state index contributed by atoms with van der Waals surface area (Å²) in [4.78, 5) is 134. The van der Waals surface area contributed by atoms with Crippen LogP contribution in [0.15, 0.2) is 72.9 Å². The molecule has 0 saturated carbocycles. The van der Waals surface area contributed by atoms with Gasteiger partial charge in [0.15, 0.2) is 5.78 Å². The topological polar surface area (TPSA) is 399 Å². The molecule has 1 aliphatic heterocycles. The van der Waals surface area contributed by atoms with Crippen LogP contribution in [0.1, 0.15) is 84.0 Å². The number of carbonyl (C=O) groups is 10. The number of methoxy groups -OCH3 is 1. The fraction of sp³-hybridized carbons (Fsp3) is 0.616. The van der Waals surface area contributed by atoms with E-state index in [2.05, 4.69) is 26.6 Å². The Morgan fingerprint density at radius 1 is 0.570 bits per heavy atom. The number of nitrogens with two attached hydrogens (primary N) is 1. The molecular formula is C73H109F2N9O23. The molecule has 8 N–H and O–H groups in total. The number of benzene rings is 2. The molecule has 34 heteroatoms. The van der Waals surface area contributed by atoms with E-state index in [1.807, 2.05) is 30.3 Å². The van der Waals surface area contributed by atoms with Crippen molar-refractivity contribution in [2.45, 2.75) is 103 Å². The van der Waals surface area contributed by atoms with Gasteiger partial charge in [0.05, 0.1) is 171 Å². The number of aliphatic hydroxyl groups excluding tert-OH is 1. The molecule has 1 aliphatic rings. The van der Waals surface area contributed by atoms with Gasteiger partial charge in [-0.1, -0.05) is 51.1 Å². The number of imide groups is 1. The summed E-state index contributed by atoms with van der Waals surface area (Å²) in [7, 11) is 1.62. The normalized spacial score (nSPS) is 13.6. The summed E-state index contributed by atoms with van der Waals surface area (Å²) >= 11 is 0. The first-order valence-electron chi connectivity index (χ1n) is 35.7. The number of aliphatic hydroxyl groups is 1. The number of rotatable bonds is 61. The number of primary amides is 1. The number of hydrogen-bond donors (Lipinski definition) is 7. The maximum atomic E-state index is 15.5. The zero-order valence-electron chi connectivity index (χ0n) is 62.3.